The van der Waals surface area contributed by atoms with Crippen LogP contribution in [0.2, 0.25) is 0 Å². The quantitative estimate of drug-likeness (QED) is 0.842. The third-order valence-corrected chi connectivity index (χ3v) is 3.89. The molecule has 0 aromatic heterocycles. The maximum atomic E-state index is 12.0. The third-order valence-electron chi connectivity index (χ3n) is 3.89. The van der Waals surface area contributed by atoms with E-state index in [1.807, 2.05) is 0 Å². The first-order valence-electron chi connectivity index (χ1n) is 6.80. The number of amides is 1. The van der Waals surface area contributed by atoms with E-state index >= 15 is 0 Å². The molecule has 2 heterocycles. The van der Waals surface area contributed by atoms with Crippen LogP contribution < -0.4 is 4.74 Å². The van der Waals surface area contributed by atoms with Gasteiger partial charge >= 0.3 is 0 Å². The molecule has 3 rings (SSSR count). The average Bonchev–Trinajstić information content (AvgIpc) is 2.86. The summed E-state index contributed by atoms with van der Waals surface area (Å²) in [6.07, 6.45) is -0.668. The predicted octanol–water partition coefficient (Wildman–Crippen LogP) is 1.30. The summed E-state index contributed by atoms with van der Waals surface area (Å²) in [6, 6.07) is 6.35. The molecule has 6 heteroatoms. The zero-order valence-electron chi connectivity index (χ0n) is 11.9. The second kappa shape index (κ2) is 4.72. The van der Waals surface area contributed by atoms with Gasteiger partial charge in [-0.1, -0.05) is 0 Å². The number of nitrogens with zero attached hydrogens (tertiary/aromatic N) is 2. The van der Waals surface area contributed by atoms with E-state index in [4.69, 9.17) is 14.8 Å². The number of rotatable bonds is 1. The first kappa shape index (κ1) is 13.9. The molecule has 2 atom stereocenters. The van der Waals surface area contributed by atoms with Gasteiger partial charge in [0.15, 0.2) is 0 Å². The van der Waals surface area contributed by atoms with Gasteiger partial charge < -0.3 is 9.84 Å². The second-order valence-electron chi connectivity index (χ2n) is 5.76. The molecule has 1 saturated heterocycles. The Labute approximate surface area is 122 Å². The third kappa shape index (κ3) is 2.15. The van der Waals surface area contributed by atoms with Gasteiger partial charge in [-0.05, 0) is 32.0 Å². The van der Waals surface area contributed by atoms with Gasteiger partial charge in [0.1, 0.15) is 23.5 Å². The Morgan fingerprint density at radius 2 is 2.24 bits per heavy atom. The fraction of sp³-hybridized carbons (Fsp3) is 0.467. The van der Waals surface area contributed by atoms with Crippen molar-refractivity contribution in [2.45, 2.75) is 38.0 Å². The van der Waals surface area contributed by atoms with Crippen molar-refractivity contribution in [3.05, 3.63) is 29.3 Å². The van der Waals surface area contributed by atoms with Crippen molar-refractivity contribution in [1.82, 2.24) is 5.06 Å². The molecular weight excluding hydrogens is 272 g/mol. The van der Waals surface area contributed by atoms with Crippen LogP contribution in [0.1, 0.15) is 37.4 Å². The van der Waals surface area contributed by atoms with E-state index in [-0.39, 0.29) is 12.3 Å². The zero-order valence-corrected chi connectivity index (χ0v) is 11.9. The van der Waals surface area contributed by atoms with Gasteiger partial charge in [-0.2, -0.15) is 5.26 Å². The van der Waals surface area contributed by atoms with Crippen LogP contribution in [0.15, 0.2) is 18.2 Å². The minimum atomic E-state index is -0.957. The van der Waals surface area contributed by atoms with Crippen molar-refractivity contribution >= 4 is 5.91 Å². The van der Waals surface area contributed by atoms with E-state index in [0.717, 1.165) is 0 Å². The molecule has 0 saturated carbocycles. The highest BCUT2D eigenvalue weighted by Crippen LogP contribution is 2.44. The lowest BCUT2D eigenvalue weighted by Crippen LogP contribution is -2.53. The van der Waals surface area contributed by atoms with Gasteiger partial charge in [0, 0.05) is 5.56 Å². The van der Waals surface area contributed by atoms with Crippen LogP contribution in [0.4, 0.5) is 0 Å². The lowest BCUT2D eigenvalue weighted by atomic mass is 9.85. The highest BCUT2D eigenvalue weighted by atomic mass is 16.7. The number of carbonyl (C=O) groups excluding carboxylic acids is 1. The lowest BCUT2D eigenvalue weighted by Gasteiger charge is -2.44. The van der Waals surface area contributed by atoms with Crippen LogP contribution in [0.3, 0.4) is 0 Å². The van der Waals surface area contributed by atoms with Crippen LogP contribution in [-0.4, -0.2) is 34.4 Å². The summed E-state index contributed by atoms with van der Waals surface area (Å²) in [5, 5.41) is 20.9. The van der Waals surface area contributed by atoms with E-state index in [2.05, 4.69) is 6.07 Å². The molecule has 1 fully saturated rings. The number of nitriles is 1. The van der Waals surface area contributed by atoms with Crippen molar-refractivity contribution in [3.63, 3.8) is 0 Å². The predicted molar refractivity (Wildman–Crippen MR) is 72.0 cm³/mol. The highest BCUT2D eigenvalue weighted by Gasteiger charge is 2.48. The van der Waals surface area contributed by atoms with Crippen molar-refractivity contribution in [2.24, 2.45) is 0 Å². The molecule has 2 aliphatic rings. The molecule has 1 N–H and O–H groups in total. The Hall–Kier alpha value is -2.10. The Balaban J connectivity index is 2.12. The van der Waals surface area contributed by atoms with Crippen molar-refractivity contribution in [3.8, 4) is 11.8 Å². The fourth-order valence-corrected chi connectivity index (χ4v) is 2.74. The summed E-state index contributed by atoms with van der Waals surface area (Å²) in [5.74, 6) is 0.377. The Morgan fingerprint density at radius 3 is 2.86 bits per heavy atom. The molecule has 6 nitrogen and oxygen atoms in total. The largest absolute Gasteiger partial charge is 0.485 e. The maximum Gasteiger partial charge on any atom is 0.249 e. The summed E-state index contributed by atoms with van der Waals surface area (Å²) < 4.78 is 5.80. The molecule has 1 aromatic carbocycles. The fourth-order valence-electron chi connectivity index (χ4n) is 2.74. The molecule has 0 spiro atoms. The molecule has 1 amide bonds. The Kier molecular flexibility index (Phi) is 3.12. The lowest BCUT2D eigenvalue weighted by molar-refractivity contribution is -0.205. The van der Waals surface area contributed by atoms with Gasteiger partial charge in [0.2, 0.25) is 5.91 Å². The van der Waals surface area contributed by atoms with Gasteiger partial charge in [-0.25, -0.2) is 5.06 Å². The molecule has 1 unspecified atom stereocenters. The zero-order chi connectivity index (χ0) is 15.2. The molecule has 21 heavy (non-hydrogen) atoms. The topological polar surface area (TPSA) is 82.8 Å². The van der Waals surface area contributed by atoms with Gasteiger partial charge in [0.25, 0.3) is 0 Å². The summed E-state index contributed by atoms with van der Waals surface area (Å²) in [5.41, 5.74) is 0.176. The molecule has 1 aromatic rings. The molecule has 110 valence electrons. The minimum Gasteiger partial charge on any atom is -0.485 e. The average molecular weight is 288 g/mol. The first-order chi connectivity index (χ1) is 9.94. The number of hydroxylamine groups is 2. The molecular formula is C15H16N2O4. The molecule has 0 radical (unpaired) electrons. The van der Waals surface area contributed by atoms with Gasteiger partial charge in [0.05, 0.1) is 24.7 Å². The standard InChI is InChI=1S/C15H16N2O4/c1-15(2)14(19)13(17-12(18)5-6-20-17)10-7-9(8-16)3-4-11(10)21-15/h3-4,7,13-14,19H,5-6H2,1-2H3/t13?,14-/m0/s1. The van der Waals surface area contributed by atoms with E-state index in [1.165, 1.54) is 5.06 Å². The number of aliphatic hydroxyl groups is 1. The summed E-state index contributed by atoms with van der Waals surface area (Å²) in [7, 11) is 0. The van der Waals surface area contributed by atoms with E-state index in [0.29, 0.717) is 23.5 Å². The van der Waals surface area contributed by atoms with E-state index in [1.54, 1.807) is 32.0 Å². The van der Waals surface area contributed by atoms with Crippen LogP contribution in [0.25, 0.3) is 0 Å². The minimum absolute atomic E-state index is 0.176. The Morgan fingerprint density at radius 1 is 1.48 bits per heavy atom. The highest BCUT2D eigenvalue weighted by molar-refractivity contribution is 5.77. The second-order valence-corrected chi connectivity index (χ2v) is 5.76. The first-order valence-corrected chi connectivity index (χ1v) is 6.80. The molecule has 2 aliphatic heterocycles. The summed E-state index contributed by atoms with van der Waals surface area (Å²) in [4.78, 5) is 17.4. The van der Waals surface area contributed by atoms with Crippen molar-refractivity contribution < 1.29 is 19.5 Å². The van der Waals surface area contributed by atoms with Crippen LogP contribution in [-0.2, 0) is 9.63 Å². The van der Waals surface area contributed by atoms with Gasteiger partial charge in [-0.15, -0.1) is 0 Å². The number of aliphatic hydroxyl groups excluding tert-OH is 1. The van der Waals surface area contributed by atoms with Gasteiger partial charge in [-0.3, -0.25) is 9.63 Å². The van der Waals surface area contributed by atoms with Crippen molar-refractivity contribution in [2.75, 3.05) is 6.61 Å². The maximum absolute atomic E-state index is 12.0. The molecule has 0 aliphatic carbocycles. The SMILES string of the molecule is CC1(C)Oc2ccc(C#N)cc2C(N2OCCC2=O)[C@@H]1O. The number of ether oxygens (including phenoxy) is 1. The normalized spacial score (nSPS) is 27.0. The number of carbonyl (C=O) groups is 1. The van der Waals surface area contributed by atoms with E-state index < -0.39 is 17.7 Å². The summed E-state index contributed by atoms with van der Waals surface area (Å²) >= 11 is 0. The van der Waals surface area contributed by atoms with Crippen LogP contribution >= 0.6 is 0 Å². The monoisotopic (exact) mass is 288 g/mol. The Bertz CT molecular complexity index is 635. The number of hydrogen-bond acceptors (Lipinski definition) is 5. The van der Waals surface area contributed by atoms with Crippen molar-refractivity contribution in [1.29, 1.82) is 5.26 Å². The molecule has 0 bridgehead atoms. The summed E-state index contributed by atoms with van der Waals surface area (Å²) in [6.45, 7) is 3.81. The number of benzene rings is 1. The number of fused-ring (bicyclic) bond motifs is 1. The van der Waals surface area contributed by atoms with Crippen LogP contribution in [0, 0.1) is 11.3 Å². The van der Waals surface area contributed by atoms with E-state index in [9.17, 15) is 9.90 Å². The number of hydrogen-bond donors (Lipinski definition) is 1. The smallest absolute Gasteiger partial charge is 0.249 e. The van der Waals surface area contributed by atoms with Crippen LogP contribution in [0.5, 0.6) is 5.75 Å².